The number of ether oxygens (including phenoxy) is 1. The molecular weight excluding hydrogens is 290 g/mol. The number of rotatable bonds is 5. The number of carbonyl (C=O) groups is 1. The highest BCUT2D eigenvalue weighted by molar-refractivity contribution is 5.80. The lowest BCUT2D eigenvalue weighted by molar-refractivity contribution is -0.121. The zero-order chi connectivity index (χ0) is 16.2. The van der Waals surface area contributed by atoms with E-state index < -0.39 is 0 Å². The molecule has 1 aromatic heterocycles. The molecule has 118 valence electrons. The van der Waals surface area contributed by atoms with Gasteiger partial charge < -0.3 is 14.5 Å². The van der Waals surface area contributed by atoms with E-state index in [1.165, 1.54) is 0 Å². The molecule has 1 amide bonds. The summed E-state index contributed by atoms with van der Waals surface area (Å²) in [6, 6.07) is 17.1. The minimum atomic E-state index is -0.190. The second-order valence-corrected chi connectivity index (χ2v) is 5.46. The molecule has 0 radical (unpaired) electrons. The van der Waals surface area contributed by atoms with Crippen molar-refractivity contribution in [2.24, 2.45) is 0 Å². The summed E-state index contributed by atoms with van der Waals surface area (Å²) in [5, 5.41) is 4.00. The summed E-state index contributed by atoms with van der Waals surface area (Å²) in [7, 11) is 1.60. The second-order valence-electron chi connectivity index (χ2n) is 5.46. The van der Waals surface area contributed by atoms with Crippen molar-refractivity contribution in [3.8, 4) is 5.75 Å². The van der Waals surface area contributed by atoms with E-state index >= 15 is 0 Å². The van der Waals surface area contributed by atoms with Crippen LogP contribution in [0.4, 0.5) is 0 Å². The Morgan fingerprint density at radius 3 is 2.70 bits per heavy atom. The lowest BCUT2D eigenvalue weighted by Crippen LogP contribution is -2.28. The molecule has 3 aromatic rings. The Balaban J connectivity index is 1.69. The van der Waals surface area contributed by atoms with Gasteiger partial charge in [-0.15, -0.1) is 0 Å². The predicted octanol–water partition coefficient (Wildman–Crippen LogP) is 3.86. The summed E-state index contributed by atoms with van der Waals surface area (Å²) in [5.74, 6) is 1.40. The van der Waals surface area contributed by atoms with E-state index in [1.54, 1.807) is 7.11 Å². The first kappa shape index (κ1) is 15.2. The summed E-state index contributed by atoms with van der Waals surface area (Å²) in [6.45, 7) is 1.91. The van der Waals surface area contributed by atoms with E-state index in [0.29, 0.717) is 0 Å². The van der Waals surface area contributed by atoms with Crippen molar-refractivity contribution in [2.75, 3.05) is 7.11 Å². The molecular formula is C19H19NO3. The van der Waals surface area contributed by atoms with E-state index in [-0.39, 0.29) is 18.4 Å². The van der Waals surface area contributed by atoms with Crippen LogP contribution in [-0.2, 0) is 11.2 Å². The fourth-order valence-corrected chi connectivity index (χ4v) is 2.60. The molecule has 0 aliphatic rings. The fourth-order valence-electron chi connectivity index (χ4n) is 2.60. The number of nitrogens with one attached hydrogen (secondary N) is 1. The third-order valence-electron chi connectivity index (χ3n) is 3.79. The van der Waals surface area contributed by atoms with Crippen LogP contribution in [0.25, 0.3) is 11.0 Å². The maximum absolute atomic E-state index is 12.3. The Morgan fingerprint density at radius 1 is 1.17 bits per heavy atom. The van der Waals surface area contributed by atoms with Crippen molar-refractivity contribution in [3.05, 3.63) is 65.9 Å². The average molecular weight is 309 g/mol. The minimum absolute atomic E-state index is 0.0672. The number of fused-ring (bicyclic) bond motifs is 1. The fraction of sp³-hybridized carbons (Fsp3) is 0.211. The van der Waals surface area contributed by atoms with E-state index in [2.05, 4.69) is 5.32 Å². The molecule has 0 bridgehead atoms. The quantitative estimate of drug-likeness (QED) is 0.778. The number of amides is 1. The molecule has 3 rings (SSSR count). The summed E-state index contributed by atoms with van der Waals surface area (Å²) < 4.78 is 11.1. The lowest BCUT2D eigenvalue weighted by Gasteiger charge is -2.12. The van der Waals surface area contributed by atoms with Gasteiger partial charge >= 0.3 is 0 Å². The maximum atomic E-state index is 12.3. The first-order valence-corrected chi connectivity index (χ1v) is 7.57. The van der Waals surface area contributed by atoms with Crippen LogP contribution in [0.1, 0.15) is 24.3 Å². The molecule has 0 spiro atoms. The number of furan rings is 1. The van der Waals surface area contributed by atoms with E-state index in [4.69, 9.17) is 9.15 Å². The molecule has 1 unspecified atom stereocenters. The van der Waals surface area contributed by atoms with Gasteiger partial charge in [-0.3, -0.25) is 4.79 Å². The number of carbonyl (C=O) groups excluding carboxylic acids is 1. The number of para-hydroxylation sites is 2. The van der Waals surface area contributed by atoms with Gasteiger partial charge in [0, 0.05) is 10.9 Å². The second kappa shape index (κ2) is 6.57. The van der Waals surface area contributed by atoms with Gasteiger partial charge in [0.25, 0.3) is 0 Å². The van der Waals surface area contributed by atoms with Crippen molar-refractivity contribution >= 4 is 16.9 Å². The summed E-state index contributed by atoms with van der Waals surface area (Å²) >= 11 is 0. The van der Waals surface area contributed by atoms with Crippen molar-refractivity contribution < 1.29 is 13.9 Å². The number of hydrogen-bond donors (Lipinski definition) is 1. The van der Waals surface area contributed by atoms with Crippen LogP contribution in [0.5, 0.6) is 5.75 Å². The Hall–Kier alpha value is -2.75. The van der Waals surface area contributed by atoms with Gasteiger partial charge in [-0.25, -0.2) is 0 Å². The highest BCUT2D eigenvalue weighted by Gasteiger charge is 2.15. The van der Waals surface area contributed by atoms with Crippen molar-refractivity contribution in [3.63, 3.8) is 0 Å². The van der Waals surface area contributed by atoms with E-state index in [9.17, 15) is 4.79 Å². The van der Waals surface area contributed by atoms with Crippen molar-refractivity contribution in [1.29, 1.82) is 0 Å². The first-order valence-electron chi connectivity index (χ1n) is 7.57. The highest BCUT2D eigenvalue weighted by atomic mass is 16.5. The highest BCUT2D eigenvalue weighted by Crippen LogP contribution is 2.24. The number of benzene rings is 2. The van der Waals surface area contributed by atoms with Gasteiger partial charge in [0.05, 0.1) is 19.6 Å². The Bertz CT molecular complexity index is 789. The molecule has 4 heteroatoms. The minimum Gasteiger partial charge on any atom is -0.496 e. The first-order chi connectivity index (χ1) is 11.2. The predicted molar refractivity (Wildman–Crippen MR) is 89.5 cm³/mol. The molecule has 0 saturated heterocycles. The smallest absolute Gasteiger partial charge is 0.225 e. The molecule has 1 N–H and O–H groups in total. The van der Waals surface area contributed by atoms with Gasteiger partial charge in [-0.05, 0) is 25.1 Å². The van der Waals surface area contributed by atoms with Gasteiger partial charge in [-0.2, -0.15) is 0 Å². The van der Waals surface area contributed by atoms with Crippen LogP contribution in [-0.4, -0.2) is 13.0 Å². The molecule has 2 aromatic carbocycles. The van der Waals surface area contributed by atoms with Gasteiger partial charge in [0.2, 0.25) is 5.91 Å². The molecule has 0 aliphatic carbocycles. The summed E-state index contributed by atoms with van der Waals surface area (Å²) in [6.07, 6.45) is 0.272. The molecule has 1 heterocycles. The normalized spacial score (nSPS) is 12.1. The van der Waals surface area contributed by atoms with Crippen LogP contribution < -0.4 is 10.1 Å². The molecule has 23 heavy (non-hydrogen) atoms. The largest absolute Gasteiger partial charge is 0.496 e. The van der Waals surface area contributed by atoms with Crippen LogP contribution in [0, 0.1) is 0 Å². The molecule has 0 aliphatic heterocycles. The topological polar surface area (TPSA) is 51.5 Å². The standard InChI is InChI=1S/C19H19NO3/c1-13(18-11-14-7-4-6-10-17(14)23-18)20-19(21)12-15-8-3-5-9-16(15)22-2/h3-11,13H,12H2,1-2H3,(H,20,21). The Kier molecular flexibility index (Phi) is 4.33. The van der Waals surface area contributed by atoms with Crippen LogP contribution >= 0.6 is 0 Å². The number of methoxy groups -OCH3 is 1. The van der Waals surface area contributed by atoms with Crippen LogP contribution in [0.15, 0.2) is 59.0 Å². The average Bonchev–Trinajstić information content (AvgIpc) is 2.99. The summed E-state index contributed by atoms with van der Waals surface area (Å²) in [4.78, 5) is 12.3. The zero-order valence-corrected chi connectivity index (χ0v) is 13.2. The Morgan fingerprint density at radius 2 is 1.91 bits per heavy atom. The molecule has 0 saturated carbocycles. The summed E-state index contributed by atoms with van der Waals surface area (Å²) in [5.41, 5.74) is 1.69. The van der Waals surface area contributed by atoms with Crippen LogP contribution in [0.3, 0.4) is 0 Å². The van der Waals surface area contributed by atoms with Crippen LogP contribution in [0.2, 0.25) is 0 Å². The Labute approximate surface area is 135 Å². The third-order valence-corrected chi connectivity index (χ3v) is 3.79. The van der Waals surface area contributed by atoms with E-state index in [0.717, 1.165) is 28.0 Å². The number of hydrogen-bond acceptors (Lipinski definition) is 3. The lowest BCUT2D eigenvalue weighted by atomic mass is 10.1. The molecule has 1 atom stereocenters. The SMILES string of the molecule is COc1ccccc1CC(=O)NC(C)c1cc2ccccc2o1. The maximum Gasteiger partial charge on any atom is 0.225 e. The monoisotopic (exact) mass is 309 g/mol. The van der Waals surface area contributed by atoms with E-state index in [1.807, 2.05) is 61.5 Å². The van der Waals surface area contributed by atoms with Gasteiger partial charge in [0.1, 0.15) is 17.1 Å². The molecule has 4 nitrogen and oxygen atoms in total. The molecule has 0 fully saturated rings. The van der Waals surface area contributed by atoms with Crippen molar-refractivity contribution in [2.45, 2.75) is 19.4 Å². The van der Waals surface area contributed by atoms with Crippen molar-refractivity contribution in [1.82, 2.24) is 5.32 Å². The third kappa shape index (κ3) is 3.37. The van der Waals surface area contributed by atoms with Gasteiger partial charge in [0.15, 0.2) is 0 Å². The zero-order valence-electron chi connectivity index (χ0n) is 13.2. The van der Waals surface area contributed by atoms with Gasteiger partial charge in [-0.1, -0.05) is 36.4 Å².